The predicted molar refractivity (Wildman–Crippen MR) is 101 cm³/mol. The third-order valence-electron chi connectivity index (χ3n) is 3.90. The molecule has 0 aliphatic carbocycles. The van der Waals surface area contributed by atoms with Crippen LogP contribution >= 0.6 is 0 Å². The Morgan fingerprint density at radius 1 is 1.00 bits per heavy atom. The summed E-state index contributed by atoms with van der Waals surface area (Å²) >= 11 is 0. The van der Waals surface area contributed by atoms with Crippen molar-refractivity contribution in [2.45, 2.75) is 20.1 Å². The first-order valence-electron chi connectivity index (χ1n) is 8.42. The predicted octanol–water partition coefficient (Wildman–Crippen LogP) is 3.86. The number of aromatic nitrogens is 1. The highest BCUT2D eigenvalue weighted by molar-refractivity contribution is 5.99. The minimum absolute atomic E-state index is 0.276. The molecule has 0 bridgehead atoms. The lowest BCUT2D eigenvalue weighted by molar-refractivity contribution is 0.0234. The Labute approximate surface area is 153 Å². The van der Waals surface area contributed by atoms with Crippen molar-refractivity contribution in [2.75, 3.05) is 5.32 Å². The van der Waals surface area contributed by atoms with Crippen molar-refractivity contribution in [3.63, 3.8) is 0 Å². The average molecular weight is 347 g/mol. The van der Waals surface area contributed by atoms with Crippen LogP contribution in [0.3, 0.4) is 0 Å². The molecule has 0 spiro atoms. The fourth-order valence-corrected chi connectivity index (χ4v) is 2.51. The van der Waals surface area contributed by atoms with E-state index in [2.05, 4.69) is 15.8 Å². The van der Waals surface area contributed by atoms with Crippen LogP contribution in [0.4, 0.5) is 5.69 Å². The van der Waals surface area contributed by atoms with Crippen molar-refractivity contribution in [3.8, 4) is 0 Å². The molecule has 1 amide bonds. The van der Waals surface area contributed by atoms with Crippen LogP contribution in [-0.2, 0) is 18.0 Å². The number of carbonyl (C=O) groups excluding carboxylic acids is 1. The molecule has 2 N–H and O–H groups in total. The Morgan fingerprint density at radius 3 is 2.54 bits per heavy atom. The van der Waals surface area contributed by atoms with Gasteiger partial charge in [0.25, 0.3) is 5.91 Å². The van der Waals surface area contributed by atoms with Crippen LogP contribution in [0.2, 0.25) is 0 Å². The Balaban J connectivity index is 1.63. The van der Waals surface area contributed by atoms with Crippen molar-refractivity contribution in [1.29, 1.82) is 0 Å². The third-order valence-corrected chi connectivity index (χ3v) is 3.90. The zero-order valence-electron chi connectivity index (χ0n) is 14.6. The van der Waals surface area contributed by atoms with Gasteiger partial charge in [-0.15, -0.1) is 0 Å². The number of nitrogens with zero attached hydrogens (tertiary/aromatic N) is 1. The van der Waals surface area contributed by atoms with Crippen molar-refractivity contribution < 1.29 is 9.63 Å². The molecule has 0 saturated carbocycles. The van der Waals surface area contributed by atoms with E-state index in [0.29, 0.717) is 18.7 Å². The molecule has 0 atom stereocenters. The molecule has 132 valence electrons. The molecule has 0 aliphatic rings. The first-order chi connectivity index (χ1) is 12.7. The normalized spacial score (nSPS) is 10.3. The molecule has 5 heteroatoms. The molecule has 1 aromatic heterocycles. The summed E-state index contributed by atoms with van der Waals surface area (Å²) in [5.74, 6) is -0.276. The highest BCUT2D eigenvalue weighted by Gasteiger charge is 2.12. The van der Waals surface area contributed by atoms with Gasteiger partial charge >= 0.3 is 0 Å². The topological polar surface area (TPSA) is 63.2 Å². The van der Waals surface area contributed by atoms with Crippen LogP contribution in [0, 0.1) is 6.92 Å². The number of amides is 1. The maximum Gasteiger partial charge on any atom is 0.276 e. The summed E-state index contributed by atoms with van der Waals surface area (Å²) in [6, 6.07) is 19.3. The van der Waals surface area contributed by atoms with Gasteiger partial charge in [0.1, 0.15) is 0 Å². The summed E-state index contributed by atoms with van der Waals surface area (Å²) in [6.07, 6.45) is 3.49. The summed E-state index contributed by atoms with van der Waals surface area (Å²) in [5.41, 5.74) is 6.92. The molecule has 0 aliphatic heterocycles. The molecule has 26 heavy (non-hydrogen) atoms. The molecule has 1 heterocycles. The van der Waals surface area contributed by atoms with Crippen molar-refractivity contribution in [1.82, 2.24) is 10.5 Å². The monoisotopic (exact) mass is 347 g/mol. The van der Waals surface area contributed by atoms with Gasteiger partial charge in [0.2, 0.25) is 0 Å². The maximum atomic E-state index is 12.5. The molecule has 0 radical (unpaired) electrons. The van der Waals surface area contributed by atoms with Crippen LogP contribution in [0.25, 0.3) is 0 Å². The second kappa shape index (κ2) is 8.78. The number of rotatable bonds is 7. The quantitative estimate of drug-likeness (QED) is 0.637. The lowest BCUT2D eigenvalue weighted by Gasteiger charge is -2.13. The van der Waals surface area contributed by atoms with Crippen LogP contribution < -0.4 is 10.8 Å². The van der Waals surface area contributed by atoms with Gasteiger partial charge in [0.15, 0.2) is 0 Å². The zero-order chi connectivity index (χ0) is 18.2. The Morgan fingerprint density at radius 2 is 1.77 bits per heavy atom. The molecule has 0 unspecified atom stereocenters. The van der Waals surface area contributed by atoms with Gasteiger partial charge < -0.3 is 5.32 Å². The lowest BCUT2D eigenvalue weighted by atomic mass is 10.1. The van der Waals surface area contributed by atoms with E-state index in [4.69, 9.17) is 4.84 Å². The van der Waals surface area contributed by atoms with Gasteiger partial charge in [-0.2, -0.15) is 0 Å². The van der Waals surface area contributed by atoms with Gasteiger partial charge in [-0.05, 0) is 42.3 Å². The minimum Gasteiger partial charge on any atom is -0.380 e. The van der Waals surface area contributed by atoms with E-state index in [1.165, 1.54) is 0 Å². The van der Waals surface area contributed by atoms with Crippen LogP contribution in [0.1, 0.15) is 27.0 Å². The highest BCUT2D eigenvalue weighted by Crippen LogP contribution is 2.18. The summed E-state index contributed by atoms with van der Waals surface area (Å²) in [5, 5.41) is 3.30. The largest absolute Gasteiger partial charge is 0.380 e. The summed E-state index contributed by atoms with van der Waals surface area (Å²) in [4.78, 5) is 21.9. The smallest absolute Gasteiger partial charge is 0.276 e. The number of hydrogen-bond donors (Lipinski definition) is 2. The van der Waals surface area contributed by atoms with Gasteiger partial charge in [0, 0.05) is 24.6 Å². The Kier molecular flexibility index (Phi) is 5.96. The maximum absolute atomic E-state index is 12.5. The number of hydroxylamine groups is 1. The van der Waals surface area contributed by atoms with Gasteiger partial charge in [-0.3, -0.25) is 14.6 Å². The average Bonchev–Trinajstić information content (AvgIpc) is 2.68. The van der Waals surface area contributed by atoms with Crippen LogP contribution in [0.15, 0.2) is 73.1 Å². The summed E-state index contributed by atoms with van der Waals surface area (Å²) in [6.45, 7) is 2.88. The third kappa shape index (κ3) is 4.91. The second-order valence-corrected chi connectivity index (χ2v) is 5.96. The standard InChI is InChI=1S/C21H21N3O2/c1-16-7-8-20(23-14-17-9-11-22-12-10-17)19(13-16)21(25)24-26-15-18-5-3-2-4-6-18/h2-13,23H,14-15H2,1H3,(H,24,25). The molecule has 0 fully saturated rings. The van der Waals surface area contributed by atoms with Gasteiger partial charge in [0.05, 0.1) is 12.2 Å². The zero-order valence-corrected chi connectivity index (χ0v) is 14.6. The molecular weight excluding hydrogens is 326 g/mol. The van der Waals surface area contributed by atoms with E-state index in [-0.39, 0.29) is 5.91 Å². The number of hydrogen-bond acceptors (Lipinski definition) is 4. The first-order valence-corrected chi connectivity index (χ1v) is 8.42. The minimum atomic E-state index is -0.276. The Hall–Kier alpha value is -3.18. The van der Waals surface area contributed by atoms with E-state index < -0.39 is 0 Å². The van der Waals surface area contributed by atoms with Crippen LogP contribution in [-0.4, -0.2) is 10.9 Å². The first kappa shape index (κ1) is 17.6. The van der Waals surface area contributed by atoms with Crippen molar-refractivity contribution >= 4 is 11.6 Å². The summed E-state index contributed by atoms with van der Waals surface area (Å²) in [7, 11) is 0. The molecule has 0 saturated heterocycles. The molecule has 5 nitrogen and oxygen atoms in total. The van der Waals surface area contributed by atoms with Gasteiger partial charge in [-0.25, -0.2) is 5.48 Å². The fourth-order valence-electron chi connectivity index (χ4n) is 2.51. The Bertz CT molecular complexity index is 852. The highest BCUT2D eigenvalue weighted by atomic mass is 16.6. The molecule has 3 rings (SSSR count). The van der Waals surface area contributed by atoms with Crippen LogP contribution in [0.5, 0.6) is 0 Å². The van der Waals surface area contributed by atoms with E-state index >= 15 is 0 Å². The van der Waals surface area contributed by atoms with E-state index in [0.717, 1.165) is 22.4 Å². The summed E-state index contributed by atoms with van der Waals surface area (Å²) < 4.78 is 0. The van der Waals surface area contributed by atoms with Crippen molar-refractivity contribution in [3.05, 3.63) is 95.3 Å². The fraction of sp³-hybridized carbons (Fsp3) is 0.143. The second-order valence-electron chi connectivity index (χ2n) is 5.96. The molecule has 3 aromatic rings. The SMILES string of the molecule is Cc1ccc(NCc2ccncc2)c(C(=O)NOCc2ccccc2)c1. The van der Waals surface area contributed by atoms with E-state index in [1.807, 2.05) is 67.6 Å². The van der Waals surface area contributed by atoms with Gasteiger partial charge in [-0.1, -0.05) is 42.0 Å². The number of aryl methyl sites for hydroxylation is 1. The number of carbonyl (C=O) groups is 1. The molecule has 2 aromatic carbocycles. The number of pyridine rings is 1. The molecular formula is C21H21N3O2. The lowest BCUT2D eigenvalue weighted by Crippen LogP contribution is -2.24. The van der Waals surface area contributed by atoms with E-state index in [1.54, 1.807) is 12.4 Å². The number of benzene rings is 2. The van der Waals surface area contributed by atoms with Crippen molar-refractivity contribution in [2.24, 2.45) is 0 Å². The number of nitrogens with one attached hydrogen (secondary N) is 2. The van der Waals surface area contributed by atoms with E-state index in [9.17, 15) is 4.79 Å². The number of anilines is 1.